The van der Waals surface area contributed by atoms with Crippen molar-refractivity contribution in [3.8, 4) is 5.75 Å². The number of nitrogen functional groups attached to an aromatic ring is 1. The summed E-state index contributed by atoms with van der Waals surface area (Å²) in [7, 11) is 1.64. The minimum Gasteiger partial charge on any atom is -0.487 e. The van der Waals surface area contributed by atoms with E-state index >= 15 is 0 Å². The Labute approximate surface area is 140 Å². The second kappa shape index (κ2) is 5.70. The predicted molar refractivity (Wildman–Crippen MR) is 92.1 cm³/mol. The number of hydrogen-bond donors (Lipinski definition) is 2. The molecule has 0 saturated heterocycles. The van der Waals surface area contributed by atoms with Crippen LogP contribution in [0.15, 0.2) is 41.3 Å². The fourth-order valence-corrected chi connectivity index (χ4v) is 2.93. The van der Waals surface area contributed by atoms with Crippen molar-refractivity contribution in [1.29, 1.82) is 0 Å². The zero-order valence-electron chi connectivity index (χ0n) is 14.0. The van der Waals surface area contributed by atoms with Gasteiger partial charge in [-0.2, -0.15) is 0 Å². The van der Waals surface area contributed by atoms with Gasteiger partial charge in [-0.15, -0.1) is 0 Å². The normalized spacial score (nSPS) is 18.4. The van der Waals surface area contributed by atoms with Crippen molar-refractivity contribution < 1.29 is 9.53 Å². The summed E-state index contributed by atoms with van der Waals surface area (Å²) < 4.78 is 7.39. The smallest absolute Gasteiger partial charge is 0.252 e. The fraction of sp³-hybridized carbons (Fsp3) is 0.333. The highest BCUT2D eigenvalue weighted by Crippen LogP contribution is 2.40. The first-order chi connectivity index (χ1) is 11.2. The zero-order chi connectivity index (χ0) is 17.5. The molecule has 126 valence electrons. The van der Waals surface area contributed by atoms with E-state index in [1.54, 1.807) is 25.4 Å². The molecule has 2 heterocycles. The third kappa shape index (κ3) is 3.13. The number of hydrogen-bond acceptors (Lipinski definition) is 4. The molecule has 2 aromatic rings. The summed E-state index contributed by atoms with van der Waals surface area (Å²) in [5.41, 5.74) is 7.06. The van der Waals surface area contributed by atoms with Crippen LogP contribution in [0.5, 0.6) is 5.75 Å². The Kier molecular flexibility index (Phi) is 3.83. The molecule has 0 fully saturated rings. The summed E-state index contributed by atoms with van der Waals surface area (Å²) in [6, 6.07) is 8.15. The van der Waals surface area contributed by atoms with E-state index in [0.717, 1.165) is 11.3 Å². The molecule has 1 aliphatic heterocycles. The molecule has 6 nitrogen and oxygen atoms in total. The fourth-order valence-electron chi connectivity index (χ4n) is 2.93. The number of aromatic nitrogens is 1. The Morgan fingerprint density at radius 3 is 2.79 bits per heavy atom. The lowest BCUT2D eigenvalue weighted by Gasteiger charge is -2.38. The second-order valence-electron chi connectivity index (χ2n) is 6.75. The first-order valence-electron chi connectivity index (χ1n) is 7.81. The summed E-state index contributed by atoms with van der Waals surface area (Å²) in [5.74, 6) is 0.429. The van der Waals surface area contributed by atoms with Crippen molar-refractivity contribution in [2.75, 3.05) is 5.73 Å². The minimum atomic E-state index is -0.409. The number of aryl methyl sites for hydroxylation is 1. The van der Waals surface area contributed by atoms with E-state index in [9.17, 15) is 9.59 Å². The monoisotopic (exact) mass is 327 g/mol. The van der Waals surface area contributed by atoms with Gasteiger partial charge in [0.2, 0.25) is 0 Å². The van der Waals surface area contributed by atoms with Crippen LogP contribution in [0.1, 0.15) is 42.2 Å². The quantitative estimate of drug-likeness (QED) is 0.826. The van der Waals surface area contributed by atoms with Crippen molar-refractivity contribution in [2.24, 2.45) is 7.05 Å². The van der Waals surface area contributed by atoms with E-state index < -0.39 is 5.60 Å². The van der Waals surface area contributed by atoms with Crippen molar-refractivity contribution >= 4 is 11.6 Å². The van der Waals surface area contributed by atoms with Crippen molar-refractivity contribution in [2.45, 2.75) is 31.9 Å². The van der Waals surface area contributed by atoms with E-state index in [2.05, 4.69) is 5.32 Å². The van der Waals surface area contributed by atoms with Gasteiger partial charge in [-0.25, -0.2) is 0 Å². The number of pyridine rings is 1. The Hall–Kier alpha value is -2.76. The van der Waals surface area contributed by atoms with Crippen LogP contribution in [-0.2, 0) is 7.05 Å². The van der Waals surface area contributed by atoms with E-state index in [1.165, 1.54) is 10.6 Å². The summed E-state index contributed by atoms with van der Waals surface area (Å²) >= 11 is 0. The van der Waals surface area contributed by atoms with Gasteiger partial charge in [0.15, 0.2) is 0 Å². The van der Waals surface area contributed by atoms with Crippen molar-refractivity contribution in [3.05, 3.63) is 58.0 Å². The van der Waals surface area contributed by atoms with Gasteiger partial charge in [0.1, 0.15) is 11.4 Å². The SMILES string of the molecule is Cn1ccc(C(=O)NC2CC(C)(C)Oc3ccc(N)cc32)cc1=O. The molecule has 3 N–H and O–H groups in total. The third-order valence-corrected chi connectivity index (χ3v) is 4.16. The molecule has 0 bridgehead atoms. The molecular formula is C18H21N3O3. The second-order valence-corrected chi connectivity index (χ2v) is 6.75. The lowest BCUT2D eigenvalue weighted by Crippen LogP contribution is -2.41. The molecule has 1 atom stereocenters. The highest BCUT2D eigenvalue weighted by atomic mass is 16.5. The maximum absolute atomic E-state index is 12.6. The summed E-state index contributed by atoms with van der Waals surface area (Å²) in [6.45, 7) is 3.95. The van der Waals surface area contributed by atoms with E-state index in [0.29, 0.717) is 17.7 Å². The van der Waals surface area contributed by atoms with Gasteiger partial charge in [0.05, 0.1) is 6.04 Å². The van der Waals surface area contributed by atoms with Crippen LogP contribution >= 0.6 is 0 Å². The Bertz CT molecular complexity index is 855. The molecule has 0 radical (unpaired) electrons. The summed E-state index contributed by atoms with van der Waals surface area (Å²) in [5, 5.41) is 3.00. The average molecular weight is 327 g/mol. The highest BCUT2D eigenvalue weighted by molar-refractivity contribution is 5.94. The maximum Gasteiger partial charge on any atom is 0.252 e. The number of fused-ring (bicyclic) bond motifs is 1. The van der Waals surface area contributed by atoms with Gasteiger partial charge in [0, 0.05) is 42.5 Å². The molecule has 1 aromatic carbocycles. The van der Waals surface area contributed by atoms with E-state index in [-0.39, 0.29) is 17.5 Å². The number of carbonyl (C=O) groups is 1. The van der Waals surface area contributed by atoms with Crippen LogP contribution in [-0.4, -0.2) is 16.1 Å². The number of nitrogens with two attached hydrogens (primary N) is 1. The van der Waals surface area contributed by atoms with Gasteiger partial charge < -0.3 is 20.4 Å². The summed E-state index contributed by atoms with van der Waals surface area (Å²) in [4.78, 5) is 24.3. The standard InChI is InChI=1S/C18H21N3O3/c1-18(2)10-14(13-9-12(19)4-5-15(13)24-18)20-17(23)11-6-7-21(3)16(22)8-11/h4-9,14H,10,19H2,1-3H3,(H,20,23). The number of benzene rings is 1. The minimum absolute atomic E-state index is 0.223. The Balaban J connectivity index is 1.91. The van der Waals surface area contributed by atoms with Crippen molar-refractivity contribution in [1.82, 2.24) is 9.88 Å². The van der Waals surface area contributed by atoms with Crippen LogP contribution in [0.25, 0.3) is 0 Å². The number of anilines is 1. The first-order valence-corrected chi connectivity index (χ1v) is 7.81. The molecule has 3 rings (SSSR count). The number of nitrogens with one attached hydrogen (secondary N) is 1. The lowest BCUT2D eigenvalue weighted by atomic mass is 9.89. The highest BCUT2D eigenvalue weighted by Gasteiger charge is 2.34. The third-order valence-electron chi connectivity index (χ3n) is 4.16. The average Bonchev–Trinajstić information content (AvgIpc) is 2.50. The van der Waals surface area contributed by atoms with E-state index in [4.69, 9.17) is 10.5 Å². The topological polar surface area (TPSA) is 86.3 Å². The number of ether oxygens (including phenoxy) is 1. The molecule has 6 heteroatoms. The van der Waals surface area contributed by atoms with Crippen LogP contribution in [0.4, 0.5) is 5.69 Å². The molecule has 1 aromatic heterocycles. The lowest BCUT2D eigenvalue weighted by molar-refractivity contribution is 0.0620. The maximum atomic E-state index is 12.6. The van der Waals surface area contributed by atoms with Gasteiger partial charge in [-0.3, -0.25) is 9.59 Å². The number of nitrogens with zero attached hydrogens (tertiary/aromatic N) is 1. The largest absolute Gasteiger partial charge is 0.487 e. The van der Waals surface area contributed by atoms with Gasteiger partial charge in [-0.1, -0.05) is 0 Å². The molecule has 0 spiro atoms. The van der Waals surface area contributed by atoms with Gasteiger partial charge in [-0.05, 0) is 38.1 Å². The van der Waals surface area contributed by atoms with Crippen LogP contribution < -0.4 is 21.3 Å². The molecule has 1 unspecified atom stereocenters. The Morgan fingerprint density at radius 2 is 2.08 bits per heavy atom. The molecule has 1 aliphatic rings. The van der Waals surface area contributed by atoms with Gasteiger partial charge in [0.25, 0.3) is 11.5 Å². The molecule has 1 amide bonds. The van der Waals surface area contributed by atoms with Crippen LogP contribution in [0, 0.1) is 0 Å². The summed E-state index contributed by atoms with van der Waals surface area (Å²) in [6.07, 6.45) is 2.19. The first kappa shape index (κ1) is 16.1. The van der Waals surface area contributed by atoms with Crippen molar-refractivity contribution in [3.63, 3.8) is 0 Å². The van der Waals surface area contributed by atoms with E-state index in [1.807, 2.05) is 26.0 Å². The number of rotatable bonds is 2. The molecule has 24 heavy (non-hydrogen) atoms. The van der Waals surface area contributed by atoms with Gasteiger partial charge >= 0.3 is 0 Å². The Morgan fingerprint density at radius 1 is 1.33 bits per heavy atom. The molecule has 0 aliphatic carbocycles. The predicted octanol–water partition coefficient (Wildman–Crippen LogP) is 2.00. The zero-order valence-corrected chi connectivity index (χ0v) is 14.0. The number of carbonyl (C=O) groups excluding carboxylic acids is 1. The number of amides is 1. The molecule has 0 saturated carbocycles. The van der Waals surface area contributed by atoms with Crippen LogP contribution in [0.3, 0.4) is 0 Å². The van der Waals surface area contributed by atoms with Crippen LogP contribution in [0.2, 0.25) is 0 Å². The molecular weight excluding hydrogens is 306 g/mol.